The second kappa shape index (κ2) is 5.19. The SMILES string of the molecule is O=C(O)c1cccn1C1CCCCCCC1. The molecular formula is C13H19NO2. The van der Waals surface area contributed by atoms with Gasteiger partial charge < -0.3 is 9.67 Å². The average molecular weight is 221 g/mol. The fourth-order valence-corrected chi connectivity index (χ4v) is 2.61. The Morgan fingerprint density at radius 1 is 1.19 bits per heavy atom. The van der Waals surface area contributed by atoms with Gasteiger partial charge in [-0.05, 0) is 25.0 Å². The molecule has 1 aliphatic rings. The summed E-state index contributed by atoms with van der Waals surface area (Å²) in [6.07, 6.45) is 10.5. The van der Waals surface area contributed by atoms with Crippen molar-refractivity contribution in [3.05, 3.63) is 24.0 Å². The van der Waals surface area contributed by atoms with E-state index in [9.17, 15) is 4.79 Å². The van der Waals surface area contributed by atoms with Gasteiger partial charge in [0.15, 0.2) is 0 Å². The lowest BCUT2D eigenvalue weighted by Crippen LogP contribution is -2.15. The van der Waals surface area contributed by atoms with Gasteiger partial charge in [0.1, 0.15) is 5.69 Å². The van der Waals surface area contributed by atoms with Crippen molar-refractivity contribution in [3.8, 4) is 0 Å². The van der Waals surface area contributed by atoms with Crippen LogP contribution in [-0.4, -0.2) is 15.6 Å². The molecule has 0 atom stereocenters. The normalized spacial score (nSPS) is 19.0. The van der Waals surface area contributed by atoms with Gasteiger partial charge in [0, 0.05) is 12.2 Å². The molecule has 0 radical (unpaired) electrons. The zero-order valence-electron chi connectivity index (χ0n) is 9.56. The van der Waals surface area contributed by atoms with E-state index in [0.29, 0.717) is 11.7 Å². The molecule has 3 heteroatoms. The zero-order chi connectivity index (χ0) is 11.4. The van der Waals surface area contributed by atoms with Gasteiger partial charge in [0.2, 0.25) is 0 Å². The summed E-state index contributed by atoms with van der Waals surface area (Å²) in [5.74, 6) is -0.813. The summed E-state index contributed by atoms with van der Waals surface area (Å²) in [5, 5.41) is 9.09. The predicted octanol–water partition coefficient (Wildman–Crippen LogP) is 3.47. The molecule has 1 heterocycles. The molecule has 3 nitrogen and oxygen atoms in total. The number of carboxylic acid groups (broad SMARTS) is 1. The van der Waals surface area contributed by atoms with Gasteiger partial charge in [-0.2, -0.15) is 0 Å². The Balaban J connectivity index is 2.14. The Hall–Kier alpha value is -1.25. The minimum absolute atomic E-state index is 0.390. The maximum Gasteiger partial charge on any atom is 0.352 e. The minimum Gasteiger partial charge on any atom is -0.477 e. The van der Waals surface area contributed by atoms with Gasteiger partial charge in [-0.25, -0.2) is 4.79 Å². The number of hydrogen-bond acceptors (Lipinski definition) is 1. The van der Waals surface area contributed by atoms with Crippen molar-refractivity contribution in [2.45, 2.75) is 51.0 Å². The highest BCUT2D eigenvalue weighted by Gasteiger charge is 2.17. The Labute approximate surface area is 96.1 Å². The Morgan fingerprint density at radius 2 is 1.81 bits per heavy atom. The van der Waals surface area contributed by atoms with Crippen molar-refractivity contribution < 1.29 is 9.90 Å². The number of rotatable bonds is 2. The molecule has 0 bridgehead atoms. The first kappa shape index (κ1) is 11.2. The van der Waals surface area contributed by atoms with Crippen LogP contribution in [0.1, 0.15) is 61.5 Å². The average Bonchev–Trinajstić information content (AvgIpc) is 2.65. The highest BCUT2D eigenvalue weighted by molar-refractivity contribution is 5.85. The Bertz CT molecular complexity index is 349. The fourth-order valence-electron chi connectivity index (χ4n) is 2.61. The van der Waals surface area contributed by atoms with Gasteiger partial charge >= 0.3 is 5.97 Å². The predicted molar refractivity (Wildman–Crippen MR) is 62.7 cm³/mol. The zero-order valence-corrected chi connectivity index (χ0v) is 9.56. The summed E-state index contributed by atoms with van der Waals surface area (Å²) in [7, 11) is 0. The molecule has 1 aromatic heterocycles. The van der Waals surface area contributed by atoms with E-state index in [0.717, 1.165) is 12.8 Å². The topological polar surface area (TPSA) is 42.2 Å². The van der Waals surface area contributed by atoms with Crippen molar-refractivity contribution in [3.63, 3.8) is 0 Å². The van der Waals surface area contributed by atoms with Crippen LogP contribution in [0, 0.1) is 0 Å². The molecule has 0 spiro atoms. The summed E-state index contributed by atoms with van der Waals surface area (Å²) in [6, 6.07) is 3.92. The molecule has 1 saturated carbocycles. The van der Waals surface area contributed by atoms with E-state index in [1.54, 1.807) is 6.07 Å². The van der Waals surface area contributed by atoms with Gasteiger partial charge in [-0.3, -0.25) is 0 Å². The number of hydrogen-bond donors (Lipinski definition) is 1. The van der Waals surface area contributed by atoms with Gasteiger partial charge in [0.05, 0.1) is 0 Å². The first-order valence-corrected chi connectivity index (χ1v) is 6.19. The monoisotopic (exact) mass is 221 g/mol. The first-order valence-electron chi connectivity index (χ1n) is 6.19. The summed E-state index contributed by atoms with van der Waals surface area (Å²) in [4.78, 5) is 11.1. The molecular weight excluding hydrogens is 202 g/mol. The summed E-state index contributed by atoms with van der Waals surface area (Å²) in [5.41, 5.74) is 0.436. The van der Waals surface area contributed by atoms with Crippen molar-refractivity contribution in [1.82, 2.24) is 4.57 Å². The van der Waals surface area contributed by atoms with Crippen LogP contribution >= 0.6 is 0 Å². The standard InChI is InChI=1S/C13H19NO2/c15-13(16)12-9-6-10-14(12)11-7-4-2-1-3-5-8-11/h6,9-11H,1-5,7-8H2,(H,15,16). The Morgan fingerprint density at radius 3 is 2.44 bits per heavy atom. The molecule has 1 aromatic rings. The van der Waals surface area contributed by atoms with Crippen LogP contribution in [0.5, 0.6) is 0 Å². The quantitative estimate of drug-likeness (QED) is 0.830. The van der Waals surface area contributed by atoms with Crippen LogP contribution in [0.3, 0.4) is 0 Å². The second-order valence-corrected chi connectivity index (χ2v) is 4.60. The first-order chi connectivity index (χ1) is 7.79. The number of aromatic nitrogens is 1. The third-order valence-corrected chi connectivity index (χ3v) is 3.47. The van der Waals surface area contributed by atoms with Gasteiger partial charge in [-0.1, -0.05) is 32.1 Å². The molecule has 0 aliphatic heterocycles. The van der Waals surface area contributed by atoms with Crippen LogP contribution in [0.2, 0.25) is 0 Å². The molecule has 16 heavy (non-hydrogen) atoms. The van der Waals surface area contributed by atoms with E-state index in [4.69, 9.17) is 5.11 Å². The minimum atomic E-state index is -0.813. The molecule has 0 aromatic carbocycles. The van der Waals surface area contributed by atoms with Gasteiger partial charge in [-0.15, -0.1) is 0 Å². The highest BCUT2D eigenvalue weighted by atomic mass is 16.4. The molecule has 0 unspecified atom stereocenters. The molecule has 88 valence electrons. The van der Waals surface area contributed by atoms with Gasteiger partial charge in [0.25, 0.3) is 0 Å². The van der Waals surface area contributed by atoms with Crippen molar-refractivity contribution in [1.29, 1.82) is 0 Å². The van der Waals surface area contributed by atoms with Crippen molar-refractivity contribution >= 4 is 5.97 Å². The lowest BCUT2D eigenvalue weighted by Gasteiger charge is -2.22. The van der Waals surface area contributed by atoms with Crippen LogP contribution in [0.4, 0.5) is 0 Å². The third-order valence-electron chi connectivity index (χ3n) is 3.47. The molecule has 1 N–H and O–H groups in total. The fraction of sp³-hybridized carbons (Fsp3) is 0.615. The van der Waals surface area contributed by atoms with E-state index in [1.807, 2.05) is 16.8 Å². The molecule has 2 rings (SSSR count). The largest absolute Gasteiger partial charge is 0.477 e. The lowest BCUT2D eigenvalue weighted by molar-refractivity contribution is 0.0681. The van der Waals surface area contributed by atoms with Crippen LogP contribution in [0.25, 0.3) is 0 Å². The number of nitrogens with zero attached hydrogens (tertiary/aromatic N) is 1. The summed E-state index contributed by atoms with van der Waals surface area (Å²) < 4.78 is 1.95. The maximum atomic E-state index is 11.1. The lowest BCUT2D eigenvalue weighted by atomic mass is 9.96. The van der Waals surface area contributed by atoms with E-state index in [2.05, 4.69) is 0 Å². The second-order valence-electron chi connectivity index (χ2n) is 4.60. The third kappa shape index (κ3) is 2.46. The van der Waals surface area contributed by atoms with Crippen molar-refractivity contribution in [2.24, 2.45) is 0 Å². The number of aromatic carboxylic acids is 1. The Kier molecular flexibility index (Phi) is 3.65. The summed E-state index contributed by atoms with van der Waals surface area (Å²) in [6.45, 7) is 0. The van der Waals surface area contributed by atoms with Crippen molar-refractivity contribution in [2.75, 3.05) is 0 Å². The summed E-state index contributed by atoms with van der Waals surface area (Å²) >= 11 is 0. The number of carboxylic acids is 1. The van der Waals surface area contributed by atoms with E-state index < -0.39 is 5.97 Å². The molecule has 0 saturated heterocycles. The molecule has 0 amide bonds. The van der Waals surface area contributed by atoms with E-state index in [1.165, 1.54) is 32.1 Å². The highest BCUT2D eigenvalue weighted by Crippen LogP contribution is 2.27. The van der Waals surface area contributed by atoms with E-state index >= 15 is 0 Å². The number of carbonyl (C=O) groups is 1. The van der Waals surface area contributed by atoms with Crippen LogP contribution < -0.4 is 0 Å². The maximum absolute atomic E-state index is 11.1. The van der Waals surface area contributed by atoms with Crippen LogP contribution in [-0.2, 0) is 0 Å². The molecule has 1 aliphatic carbocycles. The van der Waals surface area contributed by atoms with Crippen LogP contribution in [0.15, 0.2) is 18.3 Å². The van der Waals surface area contributed by atoms with E-state index in [-0.39, 0.29) is 0 Å². The molecule has 1 fully saturated rings. The smallest absolute Gasteiger partial charge is 0.352 e.